The molecular weight excluding hydrogens is 428 g/mol. The Hall–Kier alpha value is -3.06. The first-order chi connectivity index (χ1) is 16.5. The molecular formula is C27H30N4O3. The molecule has 1 atom stereocenters. The molecule has 0 radical (unpaired) electrons. The first-order valence-electron chi connectivity index (χ1n) is 12.5. The fourth-order valence-corrected chi connectivity index (χ4v) is 6.35. The van der Waals surface area contributed by atoms with E-state index in [0.29, 0.717) is 23.9 Å². The van der Waals surface area contributed by atoms with Crippen molar-refractivity contribution >= 4 is 17.7 Å². The molecule has 4 heterocycles. The Labute approximate surface area is 199 Å². The van der Waals surface area contributed by atoms with Crippen LogP contribution in [0.4, 0.5) is 0 Å². The third kappa shape index (κ3) is 3.82. The number of imide groups is 1. The van der Waals surface area contributed by atoms with E-state index in [2.05, 4.69) is 27.3 Å². The maximum absolute atomic E-state index is 13.0. The van der Waals surface area contributed by atoms with Crippen LogP contribution in [-0.2, 0) is 22.7 Å². The Kier molecular flexibility index (Phi) is 5.25. The zero-order valence-corrected chi connectivity index (χ0v) is 19.4. The molecule has 7 heteroatoms. The number of benzene rings is 1. The molecule has 1 saturated carbocycles. The van der Waals surface area contributed by atoms with Crippen molar-refractivity contribution in [1.82, 2.24) is 20.1 Å². The first kappa shape index (κ1) is 21.5. The lowest BCUT2D eigenvalue weighted by molar-refractivity contribution is -0.136. The number of hydrogen-bond donors (Lipinski definition) is 1. The van der Waals surface area contributed by atoms with Gasteiger partial charge in [0.15, 0.2) is 0 Å². The monoisotopic (exact) mass is 458 g/mol. The summed E-state index contributed by atoms with van der Waals surface area (Å²) in [6.07, 6.45) is 9.44. The van der Waals surface area contributed by atoms with E-state index in [4.69, 9.17) is 0 Å². The van der Waals surface area contributed by atoms with Gasteiger partial charge in [-0.1, -0.05) is 25.3 Å². The minimum atomic E-state index is -0.591. The Bertz CT molecular complexity index is 1160. The Morgan fingerprint density at radius 3 is 2.65 bits per heavy atom. The van der Waals surface area contributed by atoms with E-state index in [1.807, 2.05) is 24.4 Å². The van der Waals surface area contributed by atoms with Gasteiger partial charge in [-0.05, 0) is 60.1 Å². The second-order valence-electron chi connectivity index (χ2n) is 10.5. The molecule has 1 unspecified atom stereocenters. The Morgan fingerprint density at radius 1 is 1.03 bits per heavy atom. The van der Waals surface area contributed by atoms with Gasteiger partial charge in [0.25, 0.3) is 5.91 Å². The number of fused-ring (bicyclic) bond motifs is 1. The highest BCUT2D eigenvalue weighted by molar-refractivity contribution is 6.05. The smallest absolute Gasteiger partial charge is 0.255 e. The summed E-state index contributed by atoms with van der Waals surface area (Å²) in [4.78, 5) is 45.5. The van der Waals surface area contributed by atoms with Crippen LogP contribution in [0, 0.1) is 5.41 Å². The van der Waals surface area contributed by atoms with Crippen molar-refractivity contribution in [2.45, 2.75) is 64.1 Å². The van der Waals surface area contributed by atoms with Gasteiger partial charge in [-0.2, -0.15) is 0 Å². The predicted octanol–water partition coefficient (Wildman–Crippen LogP) is 3.28. The van der Waals surface area contributed by atoms with Crippen LogP contribution in [0.3, 0.4) is 0 Å². The second-order valence-corrected chi connectivity index (χ2v) is 10.5. The van der Waals surface area contributed by atoms with E-state index >= 15 is 0 Å². The molecule has 1 aliphatic carbocycles. The van der Waals surface area contributed by atoms with E-state index in [-0.39, 0.29) is 24.1 Å². The number of carbonyl (C=O) groups excluding carboxylic acids is 3. The van der Waals surface area contributed by atoms with Gasteiger partial charge < -0.3 is 4.90 Å². The number of rotatable bonds is 4. The Balaban J connectivity index is 1.16. The number of likely N-dealkylation sites (tertiary alicyclic amines) is 1. The van der Waals surface area contributed by atoms with E-state index in [1.54, 1.807) is 4.90 Å². The van der Waals surface area contributed by atoms with Crippen LogP contribution in [0.25, 0.3) is 11.3 Å². The number of piperidine rings is 1. The molecule has 7 nitrogen and oxygen atoms in total. The number of pyridine rings is 1. The van der Waals surface area contributed by atoms with Crippen LogP contribution in [0.15, 0.2) is 36.5 Å². The van der Waals surface area contributed by atoms with Crippen LogP contribution in [0.2, 0.25) is 0 Å². The Morgan fingerprint density at radius 2 is 1.85 bits per heavy atom. The summed E-state index contributed by atoms with van der Waals surface area (Å²) >= 11 is 0. The van der Waals surface area contributed by atoms with Crippen LogP contribution in [0.1, 0.15) is 66.4 Å². The normalized spacial score (nSPS) is 24.2. The first-order valence-corrected chi connectivity index (χ1v) is 12.5. The number of aromatic nitrogens is 1. The molecule has 1 aromatic heterocycles. The largest absolute Gasteiger partial charge is 0.322 e. The number of carbonyl (C=O) groups is 3. The maximum Gasteiger partial charge on any atom is 0.255 e. The van der Waals surface area contributed by atoms with Crippen molar-refractivity contribution in [3.8, 4) is 11.3 Å². The zero-order valence-electron chi connectivity index (χ0n) is 19.4. The summed E-state index contributed by atoms with van der Waals surface area (Å²) in [6.45, 7) is 3.75. The molecule has 34 heavy (non-hydrogen) atoms. The van der Waals surface area contributed by atoms with Gasteiger partial charge in [0.05, 0.1) is 5.69 Å². The molecule has 6 rings (SSSR count). The molecule has 2 saturated heterocycles. The lowest BCUT2D eigenvalue weighted by Crippen LogP contribution is -2.56. The molecule has 1 N–H and O–H groups in total. The average Bonchev–Trinajstić information content (AvgIpc) is 3.14. The highest BCUT2D eigenvalue weighted by atomic mass is 16.2. The number of amides is 3. The average molecular weight is 459 g/mol. The van der Waals surface area contributed by atoms with Crippen LogP contribution >= 0.6 is 0 Å². The highest BCUT2D eigenvalue weighted by Gasteiger charge is 2.43. The molecule has 176 valence electrons. The van der Waals surface area contributed by atoms with E-state index in [9.17, 15) is 14.4 Å². The van der Waals surface area contributed by atoms with Gasteiger partial charge in [-0.25, -0.2) is 0 Å². The lowest BCUT2D eigenvalue weighted by atomic mass is 9.68. The second kappa shape index (κ2) is 8.31. The van der Waals surface area contributed by atoms with E-state index in [1.165, 1.54) is 50.8 Å². The van der Waals surface area contributed by atoms with Crippen molar-refractivity contribution in [1.29, 1.82) is 0 Å². The summed E-state index contributed by atoms with van der Waals surface area (Å²) < 4.78 is 0. The fraction of sp³-hybridized carbons (Fsp3) is 0.481. The molecule has 4 aliphatic rings. The predicted molar refractivity (Wildman–Crippen MR) is 127 cm³/mol. The molecule has 3 aliphatic heterocycles. The van der Waals surface area contributed by atoms with E-state index < -0.39 is 6.04 Å². The molecule has 3 amide bonds. The minimum Gasteiger partial charge on any atom is -0.322 e. The maximum atomic E-state index is 13.0. The third-order valence-corrected chi connectivity index (χ3v) is 8.08. The number of nitrogens with one attached hydrogen (secondary N) is 1. The summed E-state index contributed by atoms with van der Waals surface area (Å²) in [5, 5.41) is 2.36. The van der Waals surface area contributed by atoms with Gasteiger partial charge in [0.2, 0.25) is 11.8 Å². The van der Waals surface area contributed by atoms with Gasteiger partial charge in [-0.3, -0.25) is 29.6 Å². The van der Waals surface area contributed by atoms with Crippen molar-refractivity contribution < 1.29 is 14.4 Å². The van der Waals surface area contributed by atoms with Crippen molar-refractivity contribution in [2.75, 3.05) is 13.1 Å². The van der Waals surface area contributed by atoms with Crippen LogP contribution in [0.5, 0.6) is 0 Å². The summed E-state index contributed by atoms with van der Waals surface area (Å²) in [5.41, 5.74) is 5.25. The standard InChI is InChI=1S/C27H30N4O3/c32-24-7-6-23(25(33)29-24)31-15-20-13-19(4-5-21(20)26(31)34)22-12-18(8-11-28-22)14-30-16-27(17-30)9-2-1-3-10-27/h4-5,8,11-13,23H,1-3,6-7,9-10,14-17H2,(H,29,32,33). The molecule has 1 spiro atoms. The SMILES string of the molecule is O=C1CCC(N2Cc3cc(-c4cc(CN5CC6(CCCCC6)C5)ccn4)ccc3C2=O)C(=O)N1. The quantitative estimate of drug-likeness (QED) is 0.711. The minimum absolute atomic E-state index is 0.146. The zero-order chi connectivity index (χ0) is 23.3. The lowest BCUT2D eigenvalue weighted by Gasteiger charge is -2.52. The van der Waals surface area contributed by atoms with E-state index in [0.717, 1.165) is 23.4 Å². The molecule has 2 aromatic rings. The van der Waals surface area contributed by atoms with Crippen LogP contribution < -0.4 is 5.32 Å². The van der Waals surface area contributed by atoms with Gasteiger partial charge in [0.1, 0.15) is 6.04 Å². The van der Waals surface area contributed by atoms with Crippen molar-refractivity contribution in [3.63, 3.8) is 0 Å². The fourth-order valence-electron chi connectivity index (χ4n) is 6.35. The third-order valence-electron chi connectivity index (χ3n) is 8.08. The summed E-state index contributed by atoms with van der Waals surface area (Å²) in [7, 11) is 0. The number of nitrogens with zero attached hydrogens (tertiary/aromatic N) is 3. The molecule has 0 bridgehead atoms. The molecule has 1 aromatic carbocycles. The van der Waals surface area contributed by atoms with Gasteiger partial charge in [-0.15, -0.1) is 0 Å². The van der Waals surface area contributed by atoms with Crippen LogP contribution in [-0.4, -0.2) is 51.6 Å². The van der Waals surface area contributed by atoms with Gasteiger partial charge >= 0.3 is 0 Å². The number of hydrogen-bond acceptors (Lipinski definition) is 5. The topological polar surface area (TPSA) is 82.6 Å². The van der Waals surface area contributed by atoms with Gasteiger partial charge in [0, 0.05) is 49.9 Å². The van der Waals surface area contributed by atoms with Crippen molar-refractivity contribution in [3.05, 3.63) is 53.2 Å². The van der Waals surface area contributed by atoms with Crippen molar-refractivity contribution in [2.24, 2.45) is 5.41 Å². The summed E-state index contributed by atoms with van der Waals surface area (Å²) in [5.74, 6) is -0.800. The summed E-state index contributed by atoms with van der Waals surface area (Å²) in [6, 6.07) is 9.46. The molecule has 3 fully saturated rings. The highest BCUT2D eigenvalue weighted by Crippen LogP contribution is 2.44.